The number of aromatic nitrogens is 3. The highest BCUT2D eigenvalue weighted by atomic mass is 19.1. The number of likely N-dealkylation sites (tertiary alicyclic amines) is 1. The summed E-state index contributed by atoms with van der Waals surface area (Å²) in [7, 11) is 1.52. The van der Waals surface area contributed by atoms with Crippen LogP contribution >= 0.6 is 0 Å². The second kappa shape index (κ2) is 11.7. The standard InChI is InChI=1S/C30H35FN4O5/c1-19-14-23-24(34-19)7-8-25(28(23)31)40-29-22(20(2)32-18-33-29)15-26(37-4)21(3)39-13-5-6-27(36)35-11-9-30(10-12-35)16-38-17-30/h7-8,14-15,18,34H,2,5-6,9-13,16-17H2,1,3-4H3. The van der Waals surface area contributed by atoms with Crippen LogP contribution in [0.1, 0.15) is 38.3 Å². The van der Waals surface area contributed by atoms with E-state index in [-0.39, 0.29) is 17.5 Å². The van der Waals surface area contributed by atoms with E-state index < -0.39 is 5.82 Å². The largest absolute Gasteiger partial charge is 0.494 e. The second-order valence-electron chi connectivity index (χ2n) is 10.5. The number of halogens is 1. The van der Waals surface area contributed by atoms with Crippen molar-refractivity contribution in [3.05, 3.63) is 58.1 Å². The molecule has 1 N–H and O–H groups in total. The Labute approximate surface area is 232 Å². The average molecular weight is 551 g/mol. The number of rotatable bonds is 9. The minimum absolute atomic E-state index is 0.0322. The van der Waals surface area contributed by atoms with Crippen LogP contribution in [0.15, 0.2) is 36.0 Å². The second-order valence-corrected chi connectivity index (χ2v) is 10.5. The van der Waals surface area contributed by atoms with Gasteiger partial charge in [0.25, 0.3) is 0 Å². The monoisotopic (exact) mass is 550 g/mol. The molecule has 10 heteroatoms. The number of nitrogens with one attached hydrogen (secondary N) is 1. The Morgan fingerprint density at radius 1 is 1.27 bits per heavy atom. The molecule has 2 aromatic heterocycles. The Bertz CT molecular complexity index is 1540. The van der Waals surface area contributed by atoms with Crippen LogP contribution in [0.3, 0.4) is 0 Å². The third-order valence-corrected chi connectivity index (χ3v) is 7.66. The summed E-state index contributed by atoms with van der Waals surface area (Å²) in [4.78, 5) is 26.1. The summed E-state index contributed by atoms with van der Waals surface area (Å²) >= 11 is 0. The number of amides is 1. The fraction of sp³-hybridized carbons (Fsp3) is 0.433. The van der Waals surface area contributed by atoms with Crippen molar-refractivity contribution in [2.75, 3.05) is 40.0 Å². The van der Waals surface area contributed by atoms with E-state index in [1.165, 1.54) is 13.4 Å². The van der Waals surface area contributed by atoms with Crippen molar-refractivity contribution >= 4 is 29.5 Å². The molecule has 5 rings (SSSR count). The molecule has 1 spiro atoms. The molecule has 0 unspecified atom stereocenters. The molecule has 2 aliphatic heterocycles. The molecule has 4 heterocycles. The van der Waals surface area contributed by atoms with Gasteiger partial charge in [-0.1, -0.05) is 6.58 Å². The fourth-order valence-electron chi connectivity index (χ4n) is 5.13. The molecule has 0 aliphatic carbocycles. The van der Waals surface area contributed by atoms with E-state index in [0.717, 1.165) is 44.8 Å². The Morgan fingerprint density at radius 3 is 2.75 bits per heavy atom. The Kier molecular flexibility index (Phi) is 8.07. The molecule has 2 aliphatic rings. The van der Waals surface area contributed by atoms with Gasteiger partial charge in [-0.15, -0.1) is 0 Å². The maximum Gasteiger partial charge on any atom is 0.230 e. The molecule has 0 radical (unpaired) electrons. The van der Waals surface area contributed by atoms with Crippen molar-refractivity contribution in [1.29, 1.82) is 0 Å². The molecule has 0 atom stereocenters. The topological polar surface area (TPSA) is 98.8 Å². The van der Waals surface area contributed by atoms with Gasteiger partial charge in [-0.05, 0) is 57.4 Å². The summed E-state index contributed by atoms with van der Waals surface area (Å²) in [6.45, 7) is 11.2. The van der Waals surface area contributed by atoms with Crippen molar-refractivity contribution in [1.82, 2.24) is 19.9 Å². The number of aromatic amines is 1. The summed E-state index contributed by atoms with van der Waals surface area (Å²) in [6.07, 6.45) is 6.00. The molecule has 1 aromatic carbocycles. The molecule has 2 saturated heterocycles. The Hall–Kier alpha value is -3.92. The van der Waals surface area contributed by atoms with Gasteiger partial charge < -0.3 is 28.8 Å². The van der Waals surface area contributed by atoms with E-state index in [4.69, 9.17) is 18.9 Å². The lowest BCUT2D eigenvalue weighted by molar-refractivity contribution is -0.153. The molecule has 0 bridgehead atoms. The summed E-state index contributed by atoms with van der Waals surface area (Å²) in [6, 6.07) is 5.03. The van der Waals surface area contributed by atoms with Crippen molar-refractivity contribution in [2.24, 2.45) is 5.41 Å². The van der Waals surface area contributed by atoms with Gasteiger partial charge in [-0.2, -0.15) is 0 Å². The van der Waals surface area contributed by atoms with Gasteiger partial charge in [0, 0.05) is 41.5 Å². The number of fused-ring (bicyclic) bond motifs is 1. The number of carbonyl (C=O) groups is 1. The average Bonchev–Trinajstić information content (AvgIpc) is 3.32. The number of hydrogen-bond donors (Lipinski definition) is 1. The van der Waals surface area contributed by atoms with Crippen LogP contribution in [0.2, 0.25) is 0 Å². The number of H-pyrrole nitrogens is 1. The Balaban J connectivity index is 1.24. The highest BCUT2D eigenvalue weighted by molar-refractivity contribution is 5.82. The normalized spacial score (nSPS) is 17.5. The van der Waals surface area contributed by atoms with Crippen LogP contribution in [-0.2, 0) is 19.0 Å². The van der Waals surface area contributed by atoms with Gasteiger partial charge in [0.05, 0.1) is 37.5 Å². The number of ether oxygens (including phenoxy) is 4. The predicted molar refractivity (Wildman–Crippen MR) is 148 cm³/mol. The van der Waals surface area contributed by atoms with Crippen LogP contribution in [0.5, 0.6) is 11.6 Å². The molecule has 9 nitrogen and oxygen atoms in total. The summed E-state index contributed by atoms with van der Waals surface area (Å²) in [5.74, 6) is 0.764. The lowest BCUT2D eigenvalue weighted by Crippen LogP contribution is -2.52. The van der Waals surface area contributed by atoms with Crippen LogP contribution in [0, 0.1) is 18.2 Å². The number of allylic oxidation sites excluding steroid dienone is 2. The zero-order valence-electron chi connectivity index (χ0n) is 23.2. The van der Waals surface area contributed by atoms with Crippen LogP contribution in [0.4, 0.5) is 4.39 Å². The maximum atomic E-state index is 15.2. The number of methoxy groups -OCH3 is 1. The number of hydrogen-bond acceptors (Lipinski definition) is 7. The lowest BCUT2D eigenvalue weighted by atomic mass is 9.77. The highest BCUT2D eigenvalue weighted by Crippen LogP contribution is 2.38. The van der Waals surface area contributed by atoms with Crippen molar-refractivity contribution in [2.45, 2.75) is 39.5 Å². The van der Waals surface area contributed by atoms with Crippen molar-refractivity contribution in [3.63, 3.8) is 0 Å². The number of nitrogens with zero attached hydrogens (tertiary/aromatic N) is 3. The first-order valence-electron chi connectivity index (χ1n) is 13.5. The maximum absolute atomic E-state index is 15.2. The van der Waals surface area contributed by atoms with E-state index in [9.17, 15) is 4.79 Å². The number of carbonyl (C=O) groups excluding carboxylic acids is 1. The van der Waals surface area contributed by atoms with Crippen LogP contribution in [-0.4, -0.2) is 65.8 Å². The van der Waals surface area contributed by atoms with E-state index in [0.29, 0.717) is 57.9 Å². The smallest absolute Gasteiger partial charge is 0.230 e. The summed E-state index contributed by atoms with van der Waals surface area (Å²) in [5.41, 5.74) is 1.84. The van der Waals surface area contributed by atoms with Crippen molar-refractivity contribution in [3.8, 4) is 11.6 Å². The summed E-state index contributed by atoms with van der Waals surface area (Å²) in [5, 5.41) is 1.25. The SMILES string of the molecule is C=c1ncnc(Oc2ccc3[nH]c(C)cc3c2F)c1=CC(OC)=C(C)OCCCC(=O)N1CCC2(CC1)COC2. The Morgan fingerprint density at radius 2 is 2.05 bits per heavy atom. The molecular formula is C30H35FN4O5. The molecule has 1 amide bonds. The van der Waals surface area contributed by atoms with E-state index in [1.54, 1.807) is 31.2 Å². The molecule has 0 saturated carbocycles. The zero-order valence-corrected chi connectivity index (χ0v) is 23.2. The van der Waals surface area contributed by atoms with E-state index >= 15 is 4.39 Å². The van der Waals surface area contributed by atoms with E-state index in [2.05, 4.69) is 21.5 Å². The van der Waals surface area contributed by atoms with Gasteiger partial charge in [0.2, 0.25) is 11.8 Å². The first kappa shape index (κ1) is 27.6. The minimum atomic E-state index is -0.491. The number of benzene rings is 1. The molecule has 2 fully saturated rings. The fourth-order valence-corrected chi connectivity index (χ4v) is 5.13. The van der Waals surface area contributed by atoms with Gasteiger partial charge in [0.15, 0.2) is 17.3 Å². The first-order chi connectivity index (χ1) is 19.3. The highest BCUT2D eigenvalue weighted by Gasteiger charge is 2.41. The van der Waals surface area contributed by atoms with Crippen molar-refractivity contribution < 1.29 is 28.1 Å². The molecule has 212 valence electrons. The quantitative estimate of drug-likeness (QED) is 0.320. The van der Waals surface area contributed by atoms with E-state index in [1.807, 2.05) is 11.8 Å². The van der Waals surface area contributed by atoms with Gasteiger partial charge in [0.1, 0.15) is 12.1 Å². The first-order valence-corrected chi connectivity index (χ1v) is 13.5. The molecular weight excluding hydrogens is 515 g/mol. The van der Waals surface area contributed by atoms with Gasteiger partial charge in [-0.25, -0.2) is 14.4 Å². The minimum Gasteiger partial charge on any atom is -0.494 e. The lowest BCUT2D eigenvalue weighted by Gasteiger charge is -2.47. The third-order valence-electron chi connectivity index (χ3n) is 7.66. The van der Waals surface area contributed by atoms with Crippen LogP contribution in [0.25, 0.3) is 23.6 Å². The van der Waals surface area contributed by atoms with Crippen LogP contribution < -0.4 is 15.3 Å². The molecule has 3 aromatic rings. The molecule has 40 heavy (non-hydrogen) atoms. The van der Waals surface area contributed by atoms with Gasteiger partial charge >= 0.3 is 0 Å². The predicted octanol–water partition coefficient (Wildman–Crippen LogP) is 3.70. The third kappa shape index (κ3) is 5.82. The summed E-state index contributed by atoms with van der Waals surface area (Å²) < 4.78 is 37.9. The number of aryl methyl sites for hydroxylation is 1. The van der Waals surface area contributed by atoms with Gasteiger partial charge in [-0.3, -0.25) is 4.79 Å². The zero-order chi connectivity index (χ0) is 28.3. The number of piperidine rings is 1.